The van der Waals surface area contributed by atoms with E-state index in [9.17, 15) is 19.2 Å². The van der Waals surface area contributed by atoms with Crippen molar-refractivity contribution in [2.45, 2.75) is 65.6 Å². The first-order valence-corrected chi connectivity index (χ1v) is 10.7. The summed E-state index contributed by atoms with van der Waals surface area (Å²) in [5, 5.41) is 7.56. The molecule has 0 bridgehead atoms. The van der Waals surface area contributed by atoms with Crippen molar-refractivity contribution in [2.24, 2.45) is 5.41 Å². The third-order valence-electron chi connectivity index (χ3n) is 4.60. The minimum absolute atomic E-state index is 0.00673. The molecule has 1 aromatic carbocycles. The molecule has 3 N–H and O–H groups in total. The summed E-state index contributed by atoms with van der Waals surface area (Å²) in [6.45, 7) is 7.57. The fraction of sp³-hybridized carbons (Fsp3) is 0.565. The number of carbonyl (C=O) groups excluding carboxylic acids is 4. The number of benzene rings is 1. The van der Waals surface area contributed by atoms with Crippen LogP contribution in [0.2, 0.25) is 0 Å². The Balaban J connectivity index is 2.85. The number of esters is 1. The lowest BCUT2D eigenvalue weighted by atomic mass is 9.86. The van der Waals surface area contributed by atoms with Crippen LogP contribution >= 0.6 is 0 Å². The number of nitrogens with one attached hydrogen (secondary N) is 3. The Morgan fingerprint density at radius 3 is 2.22 bits per heavy atom. The molecule has 3 amide bonds. The third kappa shape index (κ3) is 9.80. The van der Waals surface area contributed by atoms with E-state index in [-0.39, 0.29) is 19.1 Å². The summed E-state index contributed by atoms with van der Waals surface area (Å²) < 4.78 is 10.3. The zero-order valence-electron chi connectivity index (χ0n) is 19.5. The molecule has 0 radical (unpaired) electrons. The SMILES string of the molecule is CCCCOC(=O)NC(CC(=O)NC(C(=O)NC)C(C)(C)C)C(=O)OCc1ccccc1. The lowest BCUT2D eigenvalue weighted by molar-refractivity contribution is -0.149. The number of rotatable bonds is 11. The molecule has 9 heteroatoms. The lowest BCUT2D eigenvalue weighted by Gasteiger charge is -2.30. The summed E-state index contributed by atoms with van der Waals surface area (Å²) in [7, 11) is 1.48. The Morgan fingerprint density at radius 1 is 1.00 bits per heavy atom. The standard InChI is InChI=1S/C23H35N3O6/c1-6-7-13-31-22(30)25-17(21(29)32-15-16-11-9-8-10-12-16)14-18(27)26-19(20(28)24-5)23(2,3)4/h8-12,17,19H,6-7,13-15H2,1-5H3,(H,24,28)(H,25,30)(H,26,27). The molecule has 0 aromatic heterocycles. The molecule has 0 saturated heterocycles. The Bertz CT molecular complexity index is 761. The Kier molecular flexibility index (Phi) is 11.2. The van der Waals surface area contributed by atoms with Crippen LogP contribution in [0.15, 0.2) is 30.3 Å². The quantitative estimate of drug-likeness (QED) is 0.352. The molecule has 32 heavy (non-hydrogen) atoms. The van der Waals surface area contributed by atoms with Crippen molar-refractivity contribution in [2.75, 3.05) is 13.7 Å². The number of alkyl carbamates (subject to hydrolysis) is 1. The van der Waals surface area contributed by atoms with Gasteiger partial charge in [0, 0.05) is 7.05 Å². The maximum Gasteiger partial charge on any atom is 0.407 e. The average Bonchev–Trinajstić information content (AvgIpc) is 2.75. The van der Waals surface area contributed by atoms with Crippen LogP contribution in [0.1, 0.15) is 52.5 Å². The Hall–Kier alpha value is -3.10. The molecule has 0 fully saturated rings. The van der Waals surface area contributed by atoms with Gasteiger partial charge in [0.15, 0.2) is 0 Å². The predicted octanol–water partition coefficient (Wildman–Crippen LogP) is 2.29. The van der Waals surface area contributed by atoms with Crippen LogP contribution in [-0.4, -0.2) is 49.6 Å². The highest BCUT2D eigenvalue weighted by molar-refractivity contribution is 5.91. The number of amides is 3. The summed E-state index contributed by atoms with van der Waals surface area (Å²) in [5.74, 6) is -1.71. The van der Waals surface area contributed by atoms with Crippen molar-refractivity contribution < 1.29 is 28.7 Å². The predicted molar refractivity (Wildman–Crippen MR) is 119 cm³/mol. The van der Waals surface area contributed by atoms with Gasteiger partial charge >= 0.3 is 12.1 Å². The van der Waals surface area contributed by atoms with E-state index in [1.54, 1.807) is 12.1 Å². The van der Waals surface area contributed by atoms with Gasteiger partial charge in [0.25, 0.3) is 0 Å². The first kappa shape index (κ1) is 26.9. The number of hydrogen-bond acceptors (Lipinski definition) is 6. The van der Waals surface area contributed by atoms with Crippen molar-refractivity contribution in [1.82, 2.24) is 16.0 Å². The smallest absolute Gasteiger partial charge is 0.407 e. The lowest BCUT2D eigenvalue weighted by Crippen LogP contribution is -2.54. The molecule has 0 aliphatic carbocycles. The van der Waals surface area contributed by atoms with Crippen LogP contribution in [0.4, 0.5) is 4.79 Å². The van der Waals surface area contributed by atoms with E-state index < -0.39 is 41.9 Å². The highest BCUT2D eigenvalue weighted by atomic mass is 16.6. The number of ether oxygens (including phenoxy) is 2. The van der Waals surface area contributed by atoms with Crippen molar-refractivity contribution >= 4 is 23.9 Å². The van der Waals surface area contributed by atoms with E-state index in [1.165, 1.54) is 7.05 Å². The molecule has 178 valence electrons. The van der Waals surface area contributed by atoms with Crippen molar-refractivity contribution in [3.05, 3.63) is 35.9 Å². The van der Waals surface area contributed by atoms with E-state index in [0.717, 1.165) is 12.0 Å². The van der Waals surface area contributed by atoms with Gasteiger partial charge in [0.1, 0.15) is 18.7 Å². The minimum atomic E-state index is -1.27. The van der Waals surface area contributed by atoms with Crippen molar-refractivity contribution in [3.63, 3.8) is 0 Å². The van der Waals surface area contributed by atoms with Crippen LogP contribution in [0, 0.1) is 5.41 Å². The van der Waals surface area contributed by atoms with Gasteiger partial charge in [0.05, 0.1) is 13.0 Å². The summed E-state index contributed by atoms with van der Waals surface area (Å²) in [4.78, 5) is 49.6. The monoisotopic (exact) mass is 449 g/mol. The molecular formula is C23H35N3O6. The zero-order chi connectivity index (χ0) is 24.1. The van der Waals surface area contributed by atoms with E-state index in [1.807, 2.05) is 45.9 Å². The number of likely N-dealkylation sites (N-methyl/N-ethyl adjacent to an activating group) is 1. The maximum atomic E-state index is 12.7. The van der Waals surface area contributed by atoms with Crippen LogP contribution in [-0.2, 0) is 30.5 Å². The van der Waals surface area contributed by atoms with Gasteiger partial charge in [-0.05, 0) is 17.4 Å². The average molecular weight is 450 g/mol. The number of unbranched alkanes of at least 4 members (excludes halogenated alkanes) is 1. The van der Waals surface area contributed by atoms with Gasteiger partial charge < -0.3 is 25.4 Å². The van der Waals surface area contributed by atoms with Gasteiger partial charge in [-0.25, -0.2) is 9.59 Å². The van der Waals surface area contributed by atoms with Gasteiger partial charge in [-0.3, -0.25) is 9.59 Å². The molecule has 2 atom stereocenters. The molecule has 1 rings (SSSR count). The second-order valence-corrected chi connectivity index (χ2v) is 8.46. The van der Waals surface area contributed by atoms with E-state index >= 15 is 0 Å². The summed E-state index contributed by atoms with van der Waals surface area (Å²) in [5.41, 5.74) is 0.202. The van der Waals surface area contributed by atoms with Gasteiger partial charge in [-0.1, -0.05) is 64.4 Å². The summed E-state index contributed by atoms with van der Waals surface area (Å²) in [6, 6.07) is 6.95. The fourth-order valence-corrected chi connectivity index (χ4v) is 2.74. The number of hydrogen-bond donors (Lipinski definition) is 3. The number of carbonyl (C=O) groups is 4. The van der Waals surface area contributed by atoms with Crippen LogP contribution in [0.25, 0.3) is 0 Å². The minimum Gasteiger partial charge on any atom is -0.459 e. The zero-order valence-corrected chi connectivity index (χ0v) is 19.5. The Morgan fingerprint density at radius 2 is 1.66 bits per heavy atom. The van der Waals surface area contributed by atoms with Crippen molar-refractivity contribution in [3.8, 4) is 0 Å². The van der Waals surface area contributed by atoms with Gasteiger partial charge in [-0.15, -0.1) is 0 Å². The Labute approximate surface area is 189 Å². The normalized spacial score (nSPS) is 12.8. The molecule has 1 aromatic rings. The molecule has 0 spiro atoms. The van der Waals surface area contributed by atoms with Crippen LogP contribution in [0.5, 0.6) is 0 Å². The van der Waals surface area contributed by atoms with Gasteiger partial charge in [0.2, 0.25) is 11.8 Å². The second kappa shape index (κ2) is 13.3. The topological polar surface area (TPSA) is 123 Å². The van der Waals surface area contributed by atoms with Crippen LogP contribution < -0.4 is 16.0 Å². The van der Waals surface area contributed by atoms with Crippen LogP contribution in [0.3, 0.4) is 0 Å². The fourth-order valence-electron chi connectivity index (χ4n) is 2.74. The molecular weight excluding hydrogens is 414 g/mol. The summed E-state index contributed by atoms with van der Waals surface area (Å²) in [6.07, 6.45) is 0.300. The third-order valence-corrected chi connectivity index (χ3v) is 4.60. The van der Waals surface area contributed by atoms with Gasteiger partial charge in [-0.2, -0.15) is 0 Å². The molecule has 9 nitrogen and oxygen atoms in total. The summed E-state index contributed by atoms with van der Waals surface area (Å²) >= 11 is 0. The second-order valence-electron chi connectivity index (χ2n) is 8.46. The molecule has 0 aliphatic heterocycles. The molecule has 0 heterocycles. The first-order valence-electron chi connectivity index (χ1n) is 10.7. The van der Waals surface area contributed by atoms with E-state index in [0.29, 0.717) is 6.42 Å². The van der Waals surface area contributed by atoms with Crippen molar-refractivity contribution in [1.29, 1.82) is 0 Å². The maximum absolute atomic E-state index is 12.7. The van der Waals surface area contributed by atoms with E-state index in [2.05, 4.69) is 16.0 Å². The largest absolute Gasteiger partial charge is 0.459 e. The molecule has 2 unspecified atom stereocenters. The van der Waals surface area contributed by atoms with E-state index in [4.69, 9.17) is 9.47 Å². The highest BCUT2D eigenvalue weighted by Crippen LogP contribution is 2.19. The molecule has 0 saturated carbocycles. The first-order chi connectivity index (χ1) is 15.1. The molecule has 0 aliphatic rings. The highest BCUT2D eigenvalue weighted by Gasteiger charge is 2.34.